The minimum Gasteiger partial charge on any atom is -0.335 e. The molecule has 0 atom stereocenters. The summed E-state index contributed by atoms with van der Waals surface area (Å²) in [6.07, 6.45) is -2.11. The highest BCUT2D eigenvalue weighted by Gasteiger charge is 2.50. The van der Waals surface area contributed by atoms with E-state index in [1.54, 1.807) is 24.4 Å². The molecule has 3 heterocycles. The van der Waals surface area contributed by atoms with Gasteiger partial charge in [0.15, 0.2) is 5.82 Å². The fourth-order valence-electron chi connectivity index (χ4n) is 3.17. The van der Waals surface area contributed by atoms with Gasteiger partial charge in [-0.15, -0.1) is 0 Å². The van der Waals surface area contributed by atoms with Crippen LogP contribution in [0.5, 0.6) is 0 Å². The zero-order valence-electron chi connectivity index (χ0n) is 16.7. The molecule has 1 aliphatic heterocycles. The Balaban J connectivity index is 1.84. The summed E-state index contributed by atoms with van der Waals surface area (Å²) in [6, 6.07) is 8.75. The lowest BCUT2D eigenvalue weighted by molar-refractivity contribution is -0.311. The number of nitrogens with zero attached hydrogens (tertiary/aromatic N) is 2. The van der Waals surface area contributed by atoms with E-state index >= 15 is 0 Å². The van der Waals surface area contributed by atoms with Crippen LogP contribution in [0.1, 0.15) is 12.7 Å². The summed E-state index contributed by atoms with van der Waals surface area (Å²) in [6.45, 7) is 1.83. The number of aromatic nitrogens is 3. The van der Waals surface area contributed by atoms with Crippen molar-refractivity contribution >= 4 is 5.91 Å². The molecule has 0 bridgehead atoms. The third-order valence-electron chi connectivity index (χ3n) is 4.78. The van der Waals surface area contributed by atoms with Gasteiger partial charge in [0.2, 0.25) is 0 Å². The van der Waals surface area contributed by atoms with Crippen molar-refractivity contribution in [3.63, 3.8) is 0 Å². The maximum atomic E-state index is 13.4. The van der Waals surface area contributed by atoms with E-state index < -0.39 is 23.8 Å². The summed E-state index contributed by atoms with van der Waals surface area (Å²) in [7, 11) is 0. The van der Waals surface area contributed by atoms with Crippen LogP contribution in [0.3, 0.4) is 0 Å². The topological polar surface area (TPSA) is 89.1 Å². The molecule has 2 N–H and O–H groups in total. The molecule has 7 nitrogen and oxygen atoms in total. The Morgan fingerprint density at radius 3 is 2.31 bits per heavy atom. The number of halogens is 4. The monoisotopic (exact) mass is 450 g/mol. The average molecular weight is 450 g/mol. The van der Waals surface area contributed by atoms with Crippen molar-refractivity contribution in [1.29, 1.82) is 0 Å². The lowest BCUT2D eigenvalue weighted by Gasteiger charge is -2.37. The molecule has 1 aromatic carbocycles. The zero-order valence-corrected chi connectivity index (χ0v) is 16.7. The lowest BCUT2D eigenvalue weighted by atomic mass is 10.1. The molecular formula is C21H18F4N4O3. The van der Waals surface area contributed by atoms with Crippen molar-refractivity contribution in [3.05, 3.63) is 60.4 Å². The fourth-order valence-corrected chi connectivity index (χ4v) is 3.17. The highest BCUT2D eigenvalue weighted by atomic mass is 19.4. The van der Waals surface area contributed by atoms with Gasteiger partial charge < -0.3 is 14.5 Å². The number of hydrogen-bond donors (Lipinski definition) is 2. The number of alkyl halides is 3. The summed E-state index contributed by atoms with van der Waals surface area (Å²) < 4.78 is 63.6. The van der Waals surface area contributed by atoms with Crippen LogP contribution in [0.15, 0.2) is 48.8 Å². The number of imidazole rings is 1. The van der Waals surface area contributed by atoms with E-state index in [0.717, 1.165) is 0 Å². The third-order valence-corrected chi connectivity index (χ3v) is 4.78. The Labute approximate surface area is 179 Å². The Kier molecular flexibility index (Phi) is 5.70. The molecule has 11 heteroatoms. The second kappa shape index (κ2) is 8.32. The predicted octanol–water partition coefficient (Wildman–Crippen LogP) is 3.75. The minimum absolute atomic E-state index is 0.0231. The van der Waals surface area contributed by atoms with Crippen LogP contribution in [-0.4, -0.2) is 40.2 Å². The second-order valence-electron chi connectivity index (χ2n) is 7.35. The molecule has 1 amide bonds. The van der Waals surface area contributed by atoms with Crippen LogP contribution in [0.25, 0.3) is 22.5 Å². The Hall–Kier alpha value is -3.31. The fraction of sp³-hybridized carbons (Fsp3) is 0.286. The normalized spacial score (nSPS) is 21.3. The van der Waals surface area contributed by atoms with Gasteiger partial charge >= 0.3 is 18.0 Å². The van der Waals surface area contributed by atoms with Gasteiger partial charge in [0.25, 0.3) is 0 Å². The first-order valence-electron chi connectivity index (χ1n) is 9.62. The molecule has 2 aromatic heterocycles. The molecule has 1 saturated heterocycles. The molecule has 0 spiro atoms. The van der Waals surface area contributed by atoms with Gasteiger partial charge in [-0.1, -0.05) is 6.92 Å². The maximum absolute atomic E-state index is 13.4. The van der Waals surface area contributed by atoms with Gasteiger partial charge in [0.05, 0.1) is 24.6 Å². The second-order valence-corrected chi connectivity index (χ2v) is 7.35. The van der Waals surface area contributed by atoms with Crippen LogP contribution in [0, 0.1) is 11.7 Å². The molecule has 1 fully saturated rings. The largest absolute Gasteiger partial charge is 0.471 e. The highest BCUT2D eigenvalue weighted by Crippen LogP contribution is 2.36. The molecule has 1 aliphatic rings. The van der Waals surface area contributed by atoms with Crippen molar-refractivity contribution < 1.29 is 31.8 Å². The summed E-state index contributed by atoms with van der Waals surface area (Å²) >= 11 is 0. The van der Waals surface area contributed by atoms with E-state index in [-0.39, 0.29) is 25.0 Å². The standard InChI is InChI=1S/C21H18F4N4O3/c1-12-10-31-21(32-11-12,29-19(30)20(23,24)25)18-27-16(13-2-4-15(22)5-3-13)17(28-18)14-6-8-26-9-7-14/h2-9,12H,10-11H2,1H3,(H,27,28)(H,29,30). The van der Waals surface area contributed by atoms with E-state index in [0.29, 0.717) is 22.5 Å². The number of aromatic amines is 1. The Morgan fingerprint density at radius 1 is 1.09 bits per heavy atom. The summed E-state index contributed by atoms with van der Waals surface area (Å²) in [5, 5.41) is 1.79. The smallest absolute Gasteiger partial charge is 0.335 e. The molecule has 4 rings (SSSR count). The molecule has 3 aromatic rings. The van der Waals surface area contributed by atoms with Gasteiger partial charge in [-0.3, -0.25) is 15.1 Å². The highest BCUT2D eigenvalue weighted by molar-refractivity contribution is 5.82. The minimum atomic E-state index is -5.16. The molecule has 0 aliphatic carbocycles. The number of ether oxygens (including phenoxy) is 2. The quantitative estimate of drug-likeness (QED) is 0.591. The van der Waals surface area contributed by atoms with Crippen molar-refractivity contribution in [2.75, 3.05) is 13.2 Å². The number of pyridine rings is 1. The maximum Gasteiger partial charge on any atom is 0.471 e. The lowest BCUT2D eigenvalue weighted by Crippen LogP contribution is -2.57. The first-order chi connectivity index (χ1) is 15.2. The number of carbonyl (C=O) groups excluding carboxylic acids is 1. The first kappa shape index (κ1) is 21.9. The predicted molar refractivity (Wildman–Crippen MR) is 104 cm³/mol. The van der Waals surface area contributed by atoms with Gasteiger partial charge in [-0.25, -0.2) is 9.37 Å². The van der Waals surface area contributed by atoms with Crippen LogP contribution in [-0.2, 0) is 20.2 Å². The Bertz CT molecular complexity index is 1090. The molecule has 32 heavy (non-hydrogen) atoms. The third kappa shape index (κ3) is 4.34. The first-order valence-corrected chi connectivity index (χ1v) is 9.62. The molecular weight excluding hydrogens is 432 g/mol. The van der Waals surface area contributed by atoms with E-state index in [9.17, 15) is 22.4 Å². The van der Waals surface area contributed by atoms with Gasteiger partial charge in [-0.2, -0.15) is 13.2 Å². The number of amides is 1. The zero-order chi connectivity index (χ0) is 22.9. The Morgan fingerprint density at radius 2 is 1.72 bits per heavy atom. The van der Waals surface area contributed by atoms with Crippen LogP contribution < -0.4 is 5.32 Å². The number of benzene rings is 1. The molecule has 0 saturated carbocycles. The van der Waals surface area contributed by atoms with E-state index in [1.165, 1.54) is 36.7 Å². The number of hydrogen-bond acceptors (Lipinski definition) is 5. The van der Waals surface area contributed by atoms with Crippen LogP contribution in [0.2, 0.25) is 0 Å². The number of rotatable bonds is 4. The number of carbonyl (C=O) groups is 1. The SMILES string of the molecule is CC1COC(NC(=O)C(F)(F)F)(c2nc(-c3ccc(F)cc3)c(-c3ccncc3)[nH]2)OC1. The van der Waals surface area contributed by atoms with E-state index in [2.05, 4.69) is 15.0 Å². The number of nitrogens with one attached hydrogen (secondary N) is 2. The summed E-state index contributed by atoms with van der Waals surface area (Å²) in [4.78, 5) is 23.1. The van der Waals surface area contributed by atoms with Crippen molar-refractivity contribution in [1.82, 2.24) is 20.3 Å². The number of H-pyrrole nitrogens is 1. The molecule has 0 radical (unpaired) electrons. The van der Waals surface area contributed by atoms with Gasteiger partial charge in [0.1, 0.15) is 5.82 Å². The summed E-state index contributed by atoms with van der Waals surface area (Å²) in [5.74, 6) is -5.28. The van der Waals surface area contributed by atoms with Crippen molar-refractivity contribution in [3.8, 4) is 22.5 Å². The molecule has 168 valence electrons. The van der Waals surface area contributed by atoms with Gasteiger partial charge in [-0.05, 0) is 36.4 Å². The van der Waals surface area contributed by atoms with Crippen molar-refractivity contribution in [2.24, 2.45) is 5.92 Å². The summed E-state index contributed by atoms with van der Waals surface area (Å²) in [5.41, 5.74) is 1.81. The van der Waals surface area contributed by atoms with E-state index in [1.807, 2.05) is 0 Å². The average Bonchev–Trinajstić information content (AvgIpc) is 3.22. The van der Waals surface area contributed by atoms with E-state index in [4.69, 9.17) is 9.47 Å². The molecule has 0 unspecified atom stereocenters. The van der Waals surface area contributed by atoms with Crippen LogP contribution in [0.4, 0.5) is 17.6 Å². The van der Waals surface area contributed by atoms with Gasteiger partial charge in [0, 0.05) is 29.4 Å². The van der Waals surface area contributed by atoms with Crippen molar-refractivity contribution in [2.45, 2.75) is 19.0 Å². The van der Waals surface area contributed by atoms with Crippen LogP contribution >= 0.6 is 0 Å².